The van der Waals surface area contributed by atoms with Crippen LogP contribution >= 0.6 is 11.6 Å². The molecule has 4 aromatic rings. The molecule has 0 spiro atoms. The van der Waals surface area contributed by atoms with E-state index >= 15 is 0 Å². The fraction of sp³-hybridized carbons (Fsp3) is 0.0741. The number of hydrogen-bond donors (Lipinski definition) is 3. The number of rotatable bonds is 8. The minimum atomic E-state index is -4.95. The SMILES string of the molecule is Nc1c(S(=O)(=O)O)cc(Nc2ccc(N(CCC(=O)[O-])c3nc(F)nc(F)c3Cl)cc2)c2c1C(=O)c1ccccc1C2=O.[Na+]. The molecule has 0 amide bonds. The van der Waals surface area contributed by atoms with E-state index in [9.17, 15) is 41.2 Å². The summed E-state index contributed by atoms with van der Waals surface area (Å²) in [5, 5.41) is 13.3. The molecule has 1 aliphatic rings. The molecule has 4 N–H and O–H groups in total. The van der Waals surface area contributed by atoms with Crippen LogP contribution in [0.2, 0.25) is 5.02 Å². The number of carbonyl (C=O) groups excluding carboxylic acids is 3. The summed E-state index contributed by atoms with van der Waals surface area (Å²) < 4.78 is 62.0. The molecule has 0 fully saturated rings. The van der Waals surface area contributed by atoms with E-state index in [1.807, 2.05) is 0 Å². The maximum Gasteiger partial charge on any atom is 1.00 e. The third-order valence-corrected chi connectivity index (χ3v) is 7.72. The Morgan fingerprint density at radius 3 is 2.18 bits per heavy atom. The monoisotopic (exact) mass is 651 g/mol. The Labute approximate surface area is 274 Å². The summed E-state index contributed by atoms with van der Waals surface area (Å²) in [5.41, 5.74) is 5.02. The number of nitrogens with one attached hydrogen (secondary N) is 1. The van der Waals surface area contributed by atoms with Crippen LogP contribution in [0.4, 0.5) is 37.3 Å². The van der Waals surface area contributed by atoms with Crippen molar-refractivity contribution < 1.29 is 70.8 Å². The third kappa shape index (κ3) is 6.15. The topological polar surface area (TPSA) is 196 Å². The van der Waals surface area contributed by atoms with Gasteiger partial charge >= 0.3 is 35.6 Å². The van der Waals surface area contributed by atoms with Crippen molar-refractivity contribution in [3.63, 3.8) is 0 Å². The summed E-state index contributed by atoms with van der Waals surface area (Å²) in [6, 6.07) is 12.3. The van der Waals surface area contributed by atoms with Gasteiger partial charge in [-0.15, -0.1) is 0 Å². The van der Waals surface area contributed by atoms with Gasteiger partial charge in [-0.3, -0.25) is 14.1 Å². The zero-order valence-electron chi connectivity index (χ0n) is 22.5. The zero-order chi connectivity index (χ0) is 31.2. The molecule has 220 valence electrons. The van der Waals surface area contributed by atoms with E-state index < -0.39 is 73.1 Å². The Balaban J connectivity index is 0.00000442. The number of carbonyl (C=O) groups is 3. The number of aromatic nitrogens is 2. The number of fused-ring (bicyclic) bond motifs is 2. The molecule has 0 atom stereocenters. The predicted octanol–water partition coefficient (Wildman–Crippen LogP) is 0.0382. The number of carboxylic acid groups (broad SMARTS) is 1. The van der Waals surface area contributed by atoms with Gasteiger partial charge in [0.1, 0.15) is 9.92 Å². The van der Waals surface area contributed by atoms with Gasteiger partial charge in [-0.25, -0.2) is 0 Å². The number of halogens is 3. The van der Waals surface area contributed by atoms with Gasteiger partial charge in [0.05, 0.1) is 22.5 Å². The predicted molar refractivity (Wildman–Crippen MR) is 147 cm³/mol. The molecule has 12 nitrogen and oxygen atoms in total. The molecular formula is C27H17ClF2N5NaO7S. The first kappa shape index (κ1) is 32.9. The number of nitrogen functional groups attached to an aromatic ring is 1. The van der Waals surface area contributed by atoms with Crippen molar-refractivity contribution in [3.8, 4) is 0 Å². The van der Waals surface area contributed by atoms with Crippen molar-refractivity contribution in [2.75, 3.05) is 22.5 Å². The van der Waals surface area contributed by atoms with Gasteiger partial charge in [0.2, 0.25) is 5.95 Å². The van der Waals surface area contributed by atoms with Crippen LogP contribution in [0.3, 0.4) is 0 Å². The zero-order valence-corrected chi connectivity index (χ0v) is 26.0. The Kier molecular flexibility index (Phi) is 9.39. The first-order chi connectivity index (χ1) is 20.3. The van der Waals surface area contributed by atoms with Crippen molar-refractivity contribution in [1.29, 1.82) is 0 Å². The Morgan fingerprint density at radius 2 is 1.61 bits per heavy atom. The molecule has 44 heavy (non-hydrogen) atoms. The first-order valence-corrected chi connectivity index (χ1v) is 13.9. The van der Waals surface area contributed by atoms with Crippen LogP contribution in [0.1, 0.15) is 38.3 Å². The maximum atomic E-state index is 14.0. The molecule has 0 radical (unpaired) electrons. The van der Waals surface area contributed by atoms with E-state index in [0.29, 0.717) is 0 Å². The first-order valence-electron chi connectivity index (χ1n) is 12.1. The van der Waals surface area contributed by atoms with Crippen molar-refractivity contribution in [2.24, 2.45) is 0 Å². The molecular weight excluding hydrogens is 635 g/mol. The van der Waals surface area contributed by atoms with Crippen LogP contribution in [0.15, 0.2) is 59.5 Å². The van der Waals surface area contributed by atoms with E-state index in [2.05, 4.69) is 15.3 Å². The minimum Gasteiger partial charge on any atom is -0.550 e. The van der Waals surface area contributed by atoms with Crippen LogP contribution in [0.25, 0.3) is 0 Å². The summed E-state index contributed by atoms with van der Waals surface area (Å²) in [7, 11) is -4.95. The molecule has 0 bridgehead atoms. The molecule has 3 aromatic carbocycles. The molecule has 1 aromatic heterocycles. The van der Waals surface area contributed by atoms with Gasteiger partial charge in [-0.1, -0.05) is 35.9 Å². The number of anilines is 5. The number of benzene rings is 3. The molecule has 0 unspecified atom stereocenters. The van der Waals surface area contributed by atoms with Crippen molar-refractivity contribution in [2.45, 2.75) is 11.3 Å². The Hall–Kier alpha value is -3.99. The molecule has 0 saturated heterocycles. The average Bonchev–Trinajstić information content (AvgIpc) is 2.95. The molecule has 17 heteroatoms. The number of hydrogen-bond acceptors (Lipinski definition) is 11. The number of nitrogens with zero attached hydrogens (tertiary/aromatic N) is 3. The molecule has 1 heterocycles. The van der Waals surface area contributed by atoms with E-state index in [1.165, 1.54) is 42.5 Å². The van der Waals surface area contributed by atoms with Crippen molar-refractivity contribution in [3.05, 3.63) is 93.9 Å². The Morgan fingerprint density at radius 1 is 1.02 bits per heavy atom. The fourth-order valence-electron chi connectivity index (χ4n) is 4.61. The van der Waals surface area contributed by atoms with Crippen LogP contribution < -0.4 is 50.6 Å². The van der Waals surface area contributed by atoms with Gasteiger partial charge in [0.15, 0.2) is 17.4 Å². The quantitative estimate of drug-likeness (QED) is 0.0671. The summed E-state index contributed by atoms with van der Waals surface area (Å²) >= 11 is 5.93. The van der Waals surface area contributed by atoms with Crippen molar-refractivity contribution >= 4 is 67.8 Å². The van der Waals surface area contributed by atoms with Crippen molar-refractivity contribution in [1.82, 2.24) is 9.97 Å². The Bertz CT molecular complexity index is 1960. The van der Waals surface area contributed by atoms with Crippen LogP contribution in [0, 0.1) is 12.0 Å². The normalized spacial score (nSPS) is 12.2. The molecule has 0 aliphatic heterocycles. The maximum absolute atomic E-state index is 14.0. The number of aliphatic carboxylic acids is 1. The molecule has 1 aliphatic carbocycles. The van der Waals surface area contributed by atoms with Gasteiger partial charge in [0, 0.05) is 41.4 Å². The average molecular weight is 652 g/mol. The second-order valence-corrected chi connectivity index (χ2v) is 10.9. The summed E-state index contributed by atoms with van der Waals surface area (Å²) in [6.07, 6.45) is -2.02. The van der Waals surface area contributed by atoms with Crippen LogP contribution in [0.5, 0.6) is 0 Å². The summed E-state index contributed by atoms with van der Waals surface area (Å²) in [4.78, 5) is 44.6. The summed E-state index contributed by atoms with van der Waals surface area (Å²) in [6.45, 7) is -0.357. The largest absolute Gasteiger partial charge is 1.00 e. The van der Waals surface area contributed by atoms with Crippen LogP contribution in [-0.2, 0) is 14.9 Å². The van der Waals surface area contributed by atoms with E-state index in [0.717, 1.165) is 11.0 Å². The summed E-state index contributed by atoms with van der Waals surface area (Å²) in [5.74, 6) is -4.64. The smallest absolute Gasteiger partial charge is 0.550 e. The number of carboxylic acids is 1. The van der Waals surface area contributed by atoms with Crippen LogP contribution in [-0.4, -0.2) is 47.0 Å². The van der Waals surface area contributed by atoms with Gasteiger partial charge in [-0.2, -0.15) is 27.2 Å². The van der Waals surface area contributed by atoms with Gasteiger partial charge in [0.25, 0.3) is 10.1 Å². The number of nitrogens with two attached hydrogens (primary N) is 1. The molecule has 0 saturated carbocycles. The standard InChI is InChI=1S/C27H18ClF2N5O7S.Na/c28-21-25(29)33-27(30)34-26(21)35(10-9-18(36)37)13-7-5-12(6-8-13)32-16-11-17(43(40,41)42)22(31)20-19(16)23(38)14-3-1-2-4-15(14)24(20)39;/h1-8,11,32H,9-10,31H2,(H,36,37)(H,40,41,42);/q;+1/p-1. The minimum absolute atomic E-state index is 0. The number of ketones is 2. The fourth-order valence-corrected chi connectivity index (χ4v) is 5.44. The van der Waals surface area contributed by atoms with E-state index in [-0.39, 0.29) is 69.9 Å². The second kappa shape index (κ2) is 12.6. The second-order valence-electron chi connectivity index (χ2n) is 9.13. The van der Waals surface area contributed by atoms with Gasteiger partial charge < -0.3 is 25.9 Å². The third-order valence-electron chi connectivity index (χ3n) is 6.50. The van der Waals surface area contributed by atoms with Gasteiger partial charge in [-0.05, 0) is 30.3 Å². The van der Waals surface area contributed by atoms with E-state index in [4.69, 9.17) is 17.3 Å². The molecule has 5 rings (SSSR count). The van der Waals surface area contributed by atoms with E-state index in [1.54, 1.807) is 6.07 Å².